The number of nitrogens with one attached hydrogen (secondary N) is 1. The molecule has 1 aliphatic heterocycles. The summed E-state index contributed by atoms with van der Waals surface area (Å²) in [6.45, 7) is 0.846. The topological polar surface area (TPSA) is 95.9 Å². The number of rotatable bonds is 7. The Morgan fingerprint density at radius 2 is 1.76 bits per heavy atom. The molecule has 1 atom stereocenters. The molecule has 1 aliphatic rings. The molecular formula is C21H19BrN2O5. The number of aliphatic carboxylic acids is 1. The average molecular weight is 459 g/mol. The number of halogens is 1. The number of nitrogens with zero attached hydrogens (tertiary/aromatic N) is 1. The summed E-state index contributed by atoms with van der Waals surface area (Å²) in [5, 5.41) is 12.3. The van der Waals surface area contributed by atoms with Crippen LogP contribution in [0.5, 0.6) is 5.75 Å². The minimum Gasteiger partial charge on any atom is -0.497 e. The zero-order valence-corrected chi connectivity index (χ0v) is 17.4. The molecule has 0 aromatic heterocycles. The number of ketones is 1. The summed E-state index contributed by atoms with van der Waals surface area (Å²) in [6.07, 6.45) is 0. The summed E-state index contributed by atoms with van der Waals surface area (Å²) in [7, 11) is 1.55. The number of anilines is 1. The Labute approximate surface area is 176 Å². The number of Topliss-reactive ketones (excluding diaryl/α,β-unsaturated/α-hetero) is 1. The number of hydrogen-bond acceptors (Lipinski definition) is 5. The third-order valence-corrected chi connectivity index (χ3v) is 5.09. The summed E-state index contributed by atoms with van der Waals surface area (Å²) >= 11 is 3.36. The number of hydrogen-bond donors (Lipinski definition) is 2. The van der Waals surface area contributed by atoms with E-state index in [0.29, 0.717) is 17.0 Å². The molecule has 2 aromatic carbocycles. The van der Waals surface area contributed by atoms with Crippen molar-refractivity contribution in [3.8, 4) is 5.75 Å². The van der Waals surface area contributed by atoms with E-state index < -0.39 is 24.5 Å². The second kappa shape index (κ2) is 8.48. The number of carbonyl (C=O) groups excluding carboxylic acids is 2. The van der Waals surface area contributed by atoms with Gasteiger partial charge in [0.05, 0.1) is 18.7 Å². The van der Waals surface area contributed by atoms with Crippen molar-refractivity contribution in [3.63, 3.8) is 0 Å². The summed E-state index contributed by atoms with van der Waals surface area (Å²) in [5.41, 5.74) is 1.55. The molecule has 29 heavy (non-hydrogen) atoms. The van der Waals surface area contributed by atoms with Crippen LogP contribution in [-0.4, -0.2) is 41.3 Å². The fourth-order valence-corrected chi connectivity index (χ4v) is 3.54. The normalized spacial score (nSPS) is 16.2. The molecule has 3 rings (SSSR count). The quantitative estimate of drug-likeness (QED) is 0.659. The van der Waals surface area contributed by atoms with E-state index >= 15 is 0 Å². The predicted molar refractivity (Wildman–Crippen MR) is 111 cm³/mol. The van der Waals surface area contributed by atoms with Gasteiger partial charge in [0.2, 0.25) is 0 Å². The Bertz CT molecular complexity index is 983. The van der Waals surface area contributed by atoms with Crippen LogP contribution >= 0.6 is 15.9 Å². The first-order chi connectivity index (χ1) is 13.8. The Morgan fingerprint density at radius 1 is 1.14 bits per heavy atom. The third-order valence-electron chi connectivity index (χ3n) is 4.56. The van der Waals surface area contributed by atoms with Crippen molar-refractivity contribution in [3.05, 3.63) is 69.8 Å². The van der Waals surface area contributed by atoms with Gasteiger partial charge in [-0.2, -0.15) is 0 Å². The lowest BCUT2D eigenvalue weighted by atomic mass is 9.96. The van der Waals surface area contributed by atoms with Crippen LogP contribution in [0, 0.1) is 0 Å². The van der Waals surface area contributed by atoms with Crippen LogP contribution < -0.4 is 10.1 Å². The van der Waals surface area contributed by atoms with Crippen LogP contribution in [0.15, 0.2) is 64.3 Å². The lowest BCUT2D eigenvalue weighted by Gasteiger charge is -2.25. The molecule has 0 saturated heterocycles. The van der Waals surface area contributed by atoms with Gasteiger partial charge in [-0.15, -0.1) is 0 Å². The Kier molecular flexibility index (Phi) is 6.03. The molecule has 7 nitrogen and oxygen atoms in total. The maximum Gasteiger partial charge on any atom is 0.323 e. The van der Waals surface area contributed by atoms with Gasteiger partial charge in [-0.1, -0.05) is 28.1 Å². The molecular weight excluding hydrogens is 440 g/mol. The van der Waals surface area contributed by atoms with Gasteiger partial charge in [0.1, 0.15) is 18.0 Å². The van der Waals surface area contributed by atoms with Crippen LogP contribution in [0.2, 0.25) is 0 Å². The number of benzene rings is 2. The standard InChI is InChI=1S/C21H19BrN2O5/c1-12(25)18-19(23-15-7-9-16(29-2)10-8-15)21(28)24(11-17(26)27)20(18)13-3-5-14(22)6-4-13/h3-10,20,23H,11H2,1-2H3,(H,26,27)/t20-/m0/s1. The number of carboxylic acid groups (broad SMARTS) is 1. The number of ether oxygens (including phenoxy) is 1. The maximum absolute atomic E-state index is 13.1. The fourth-order valence-electron chi connectivity index (χ4n) is 3.28. The SMILES string of the molecule is COc1ccc(NC2=C(C(C)=O)[C@H](c3ccc(Br)cc3)N(CC(=O)O)C2=O)cc1. The van der Waals surface area contributed by atoms with Crippen molar-refractivity contribution >= 4 is 39.3 Å². The molecule has 1 heterocycles. The average Bonchev–Trinajstić information content (AvgIpc) is 2.95. The molecule has 2 aromatic rings. The number of carboxylic acids is 1. The number of amides is 1. The summed E-state index contributed by atoms with van der Waals surface area (Å²) in [4.78, 5) is 38.2. The van der Waals surface area contributed by atoms with Gasteiger partial charge >= 0.3 is 5.97 Å². The van der Waals surface area contributed by atoms with Crippen molar-refractivity contribution in [2.45, 2.75) is 13.0 Å². The molecule has 150 valence electrons. The first-order valence-corrected chi connectivity index (χ1v) is 9.55. The first-order valence-electron chi connectivity index (χ1n) is 8.76. The fraction of sp³-hybridized carbons (Fsp3) is 0.190. The van der Waals surface area contributed by atoms with E-state index in [1.54, 1.807) is 55.6 Å². The zero-order valence-electron chi connectivity index (χ0n) is 15.8. The predicted octanol–water partition coefficient (Wildman–Crippen LogP) is 3.38. The zero-order chi connectivity index (χ0) is 21.1. The third kappa shape index (κ3) is 4.32. The van der Waals surface area contributed by atoms with E-state index in [9.17, 15) is 19.5 Å². The first kappa shape index (κ1) is 20.6. The Hall–Kier alpha value is -3.13. The highest BCUT2D eigenvalue weighted by Crippen LogP contribution is 2.39. The maximum atomic E-state index is 13.1. The monoisotopic (exact) mass is 458 g/mol. The van der Waals surface area contributed by atoms with E-state index in [2.05, 4.69) is 21.2 Å². The van der Waals surface area contributed by atoms with Gasteiger partial charge in [-0.25, -0.2) is 0 Å². The molecule has 2 N–H and O–H groups in total. The summed E-state index contributed by atoms with van der Waals surface area (Å²) in [5.74, 6) is -1.36. The number of carbonyl (C=O) groups is 3. The van der Waals surface area contributed by atoms with Crippen molar-refractivity contribution in [2.75, 3.05) is 19.0 Å². The number of methoxy groups -OCH3 is 1. The minimum absolute atomic E-state index is 0.0804. The second-order valence-electron chi connectivity index (χ2n) is 6.48. The minimum atomic E-state index is -1.16. The van der Waals surface area contributed by atoms with Crippen LogP contribution in [0.4, 0.5) is 5.69 Å². The van der Waals surface area contributed by atoms with Gasteiger partial charge in [0, 0.05) is 10.2 Å². The molecule has 0 fully saturated rings. The van der Waals surface area contributed by atoms with Gasteiger partial charge in [0.25, 0.3) is 5.91 Å². The van der Waals surface area contributed by atoms with E-state index in [0.717, 1.165) is 4.47 Å². The van der Waals surface area contributed by atoms with Gasteiger partial charge in [-0.05, 0) is 48.9 Å². The second-order valence-corrected chi connectivity index (χ2v) is 7.39. The summed E-state index contributed by atoms with van der Waals surface area (Å²) < 4.78 is 5.96. The molecule has 0 spiro atoms. The van der Waals surface area contributed by atoms with Crippen LogP contribution in [0.25, 0.3) is 0 Å². The molecule has 0 radical (unpaired) electrons. The highest BCUT2D eigenvalue weighted by atomic mass is 79.9. The Balaban J connectivity index is 2.08. The van der Waals surface area contributed by atoms with Crippen molar-refractivity contribution in [2.24, 2.45) is 0 Å². The van der Waals surface area contributed by atoms with Crippen LogP contribution in [0.3, 0.4) is 0 Å². The van der Waals surface area contributed by atoms with Gasteiger partial charge < -0.3 is 20.1 Å². The highest BCUT2D eigenvalue weighted by Gasteiger charge is 2.43. The molecule has 1 amide bonds. The van der Waals surface area contributed by atoms with Crippen LogP contribution in [-0.2, 0) is 14.4 Å². The highest BCUT2D eigenvalue weighted by molar-refractivity contribution is 9.10. The molecule has 0 unspecified atom stereocenters. The molecule has 0 aliphatic carbocycles. The lowest BCUT2D eigenvalue weighted by molar-refractivity contribution is -0.143. The van der Waals surface area contributed by atoms with E-state index in [1.165, 1.54) is 11.8 Å². The largest absolute Gasteiger partial charge is 0.497 e. The molecule has 0 saturated carbocycles. The van der Waals surface area contributed by atoms with Gasteiger partial charge in [-0.3, -0.25) is 14.4 Å². The van der Waals surface area contributed by atoms with E-state index in [1.807, 2.05) is 0 Å². The Morgan fingerprint density at radius 3 is 2.28 bits per heavy atom. The van der Waals surface area contributed by atoms with Crippen molar-refractivity contribution in [1.29, 1.82) is 0 Å². The lowest BCUT2D eigenvalue weighted by Crippen LogP contribution is -2.36. The van der Waals surface area contributed by atoms with E-state index in [-0.39, 0.29) is 17.1 Å². The van der Waals surface area contributed by atoms with Crippen molar-refractivity contribution < 1.29 is 24.2 Å². The smallest absolute Gasteiger partial charge is 0.323 e. The van der Waals surface area contributed by atoms with E-state index in [4.69, 9.17) is 4.74 Å². The van der Waals surface area contributed by atoms with Crippen molar-refractivity contribution in [1.82, 2.24) is 4.90 Å². The van der Waals surface area contributed by atoms with Crippen LogP contribution in [0.1, 0.15) is 18.5 Å². The van der Waals surface area contributed by atoms with Gasteiger partial charge in [0.15, 0.2) is 5.78 Å². The molecule has 8 heteroatoms. The summed E-state index contributed by atoms with van der Waals surface area (Å²) in [6, 6.07) is 13.2. The molecule has 0 bridgehead atoms.